The van der Waals surface area contributed by atoms with Crippen molar-refractivity contribution in [1.29, 1.82) is 0 Å². The first-order valence-corrected chi connectivity index (χ1v) is 4.05. The maximum Gasteiger partial charge on any atom is 0.285 e. The molecule has 2 bridgehead atoms. The van der Waals surface area contributed by atoms with Crippen molar-refractivity contribution in [3.8, 4) is 0 Å². The summed E-state index contributed by atoms with van der Waals surface area (Å²) < 4.78 is 0. The number of hydrogen-bond donors (Lipinski definition) is 1. The summed E-state index contributed by atoms with van der Waals surface area (Å²) in [6.07, 6.45) is 1.21. The molecule has 0 aliphatic carbocycles. The molecule has 0 amide bonds. The molecule has 0 aromatic heterocycles. The van der Waals surface area contributed by atoms with Gasteiger partial charge in [-0.15, -0.1) is 0 Å². The van der Waals surface area contributed by atoms with E-state index in [1.165, 1.54) is 6.42 Å². The van der Waals surface area contributed by atoms with Gasteiger partial charge in [0.2, 0.25) is 0 Å². The number of fused-ring (bicyclic) bond motifs is 3. The van der Waals surface area contributed by atoms with Crippen LogP contribution in [0.3, 0.4) is 0 Å². The van der Waals surface area contributed by atoms with Crippen LogP contribution in [0.4, 0.5) is 0 Å². The maximum absolute atomic E-state index is 4.91. The molecule has 3 aliphatic heterocycles. The number of nitrogens with one attached hydrogen (secondary N) is 1. The van der Waals surface area contributed by atoms with Crippen LogP contribution in [0.15, 0.2) is 0 Å². The van der Waals surface area contributed by atoms with Gasteiger partial charge in [0.25, 0.3) is 5.12 Å². The van der Waals surface area contributed by atoms with Crippen LogP contribution in [0.1, 0.15) is 6.42 Å². The van der Waals surface area contributed by atoms with Crippen molar-refractivity contribution in [2.75, 3.05) is 6.54 Å². The van der Waals surface area contributed by atoms with E-state index in [4.69, 9.17) is 9.78 Å². The van der Waals surface area contributed by atoms with Gasteiger partial charge in [-0.1, -0.05) is 11.8 Å². The Hall–Kier alpha value is 0.230. The lowest BCUT2D eigenvalue weighted by Crippen LogP contribution is -2.29. The van der Waals surface area contributed by atoms with Crippen LogP contribution in [-0.2, 0) is 9.78 Å². The number of hydrogen-bond acceptors (Lipinski definition) is 4. The van der Waals surface area contributed by atoms with Gasteiger partial charge < -0.3 is 5.32 Å². The minimum absolute atomic E-state index is 0.185. The molecule has 3 rings (SSSR count). The van der Waals surface area contributed by atoms with E-state index in [1.807, 2.05) is 0 Å². The third kappa shape index (κ3) is 0.502. The van der Waals surface area contributed by atoms with Gasteiger partial charge in [-0.2, -0.15) is 9.78 Å². The third-order valence-electron chi connectivity index (χ3n) is 2.14. The highest BCUT2D eigenvalue weighted by molar-refractivity contribution is 8.01. The first-order chi connectivity index (χ1) is 4.39. The molecule has 3 fully saturated rings. The van der Waals surface area contributed by atoms with Crippen molar-refractivity contribution in [3.05, 3.63) is 0 Å². The molecule has 2 unspecified atom stereocenters. The normalized spacial score (nSPS) is 50.7. The molecule has 3 heterocycles. The topological polar surface area (TPSA) is 37.1 Å². The van der Waals surface area contributed by atoms with Gasteiger partial charge in [-0.25, -0.2) is 0 Å². The molecule has 1 N–H and O–H groups in total. The molecule has 0 aromatic rings. The Morgan fingerprint density at radius 3 is 2.78 bits per heavy atom. The van der Waals surface area contributed by atoms with Crippen molar-refractivity contribution >= 4 is 11.8 Å². The van der Waals surface area contributed by atoms with E-state index in [9.17, 15) is 0 Å². The molecular formula is C5H7NO2S. The van der Waals surface area contributed by atoms with E-state index >= 15 is 0 Å². The van der Waals surface area contributed by atoms with Crippen molar-refractivity contribution in [3.63, 3.8) is 0 Å². The summed E-state index contributed by atoms with van der Waals surface area (Å²) in [5.74, 6) is 0.604. The molecule has 0 radical (unpaired) electrons. The SMILES string of the molecule is C1NC2CC1C1(OO1)S2. The Kier molecular flexibility index (Phi) is 0.713. The second kappa shape index (κ2) is 1.29. The summed E-state index contributed by atoms with van der Waals surface area (Å²) in [6.45, 7) is 1.07. The lowest BCUT2D eigenvalue weighted by molar-refractivity contribution is 0.0850. The standard InChI is InChI=1S/C5H7NO2S/c1-3-2-6-4(1)9-5(3)7-8-5/h3-4,6H,1-2H2. The second-order valence-electron chi connectivity index (χ2n) is 2.72. The van der Waals surface area contributed by atoms with E-state index in [2.05, 4.69) is 5.32 Å². The molecule has 0 aromatic carbocycles. The van der Waals surface area contributed by atoms with Crippen LogP contribution >= 0.6 is 11.8 Å². The molecule has 4 heteroatoms. The van der Waals surface area contributed by atoms with E-state index < -0.39 is 0 Å². The van der Waals surface area contributed by atoms with Crippen molar-refractivity contribution in [2.45, 2.75) is 16.9 Å². The molecule has 2 atom stereocenters. The molecule has 3 aliphatic rings. The molecule has 3 saturated heterocycles. The van der Waals surface area contributed by atoms with Gasteiger partial charge in [-0.05, 0) is 6.42 Å². The fraction of sp³-hybridized carbons (Fsp3) is 1.00. The Morgan fingerprint density at radius 1 is 1.56 bits per heavy atom. The molecule has 9 heavy (non-hydrogen) atoms. The van der Waals surface area contributed by atoms with Crippen LogP contribution < -0.4 is 5.32 Å². The lowest BCUT2D eigenvalue weighted by Gasteiger charge is -2.12. The quantitative estimate of drug-likeness (QED) is 0.392. The fourth-order valence-corrected chi connectivity index (χ4v) is 2.96. The van der Waals surface area contributed by atoms with E-state index in [0.717, 1.165) is 6.54 Å². The largest absolute Gasteiger partial charge is 0.305 e. The van der Waals surface area contributed by atoms with Crippen LogP contribution in [-0.4, -0.2) is 17.0 Å². The van der Waals surface area contributed by atoms with Gasteiger partial charge in [0, 0.05) is 12.5 Å². The maximum atomic E-state index is 4.91. The van der Waals surface area contributed by atoms with Gasteiger partial charge in [-0.3, -0.25) is 0 Å². The Morgan fingerprint density at radius 2 is 2.44 bits per heavy atom. The highest BCUT2D eigenvalue weighted by Crippen LogP contribution is 2.59. The second-order valence-corrected chi connectivity index (χ2v) is 4.09. The molecule has 1 spiro atoms. The summed E-state index contributed by atoms with van der Waals surface area (Å²) in [5.41, 5.74) is 0. The fourth-order valence-electron chi connectivity index (χ4n) is 1.57. The van der Waals surface area contributed by atoms with Crippen LogP contribution in [0, 0.1) is 5.92 Å². The first-order valence-electron chi connectivity index (χ1n) is 3.17. The van der Waals surface area contributed by atoms with Crippen LogP contribution in [0.2, 0.25) is 0 Å². The Labute approximate surface area is 57.0 Å². The molecular weight excluding hydrogens is 138 g/mol. The third-order valence-corrected chi connectivity index (χ3v) is 3.59. The van der Waals surface area contributed by atoms with E-state index in [0.29, 0.717) is 11.3 Å². The highest BCUT2D eigenvalue weighted by atomic mass is 32.2. The minimum atomic E-state index is -0.185. The van der Waals surface area contributed by atoms with Crippen LogP contribution in [0.5, 0.6) is 0 Å². The average molecular weight is 145 g/mol. The highest BCUT2D eigenvalue weighted by Gasteiger charge is 2.65. The average Bonchev–Trinajstić information content (AvgIpc) is 2.40. The molecule has 3 nitrogen and oxygen atoms in total. The van der Waals surface area contributed by atoms with Gasteiger partial charge in [0.15, 0.2) is 0 Å². The van der Waals surface area contributed by atoms with E-state index in [1.54, 1.807) is 11.8 Å². The van der Waals surface area contributed by atoms with Crippen LogP contribution in [0.25, 0.3) is 0 Å². The predicted molar refractivity (Wildman–Crippen MR) is 32.4 cm³/mol. The first kappa shape index (κ1) is 4.96. The number of rotatable bonds is 0. The summed E-state index contributed by atoms with van der Waals surface area (Å²) in [7, 11) is 0. The Balaban J connectivity index is 1.96. The summed E-state index contributed by atoms with van der Waals surface area (Å²) in [4.78, 5) is 9.83. The smallest absolute Gasteiger partial charge is 0.285 e. The number of thioether (sulfide) groups is 1. The zero-order valence-corrected chi connectivity index (χ0v) is 5.61. The van der Waals surface area contributed by atoms with E-state index in [-0.39, 0.29) is 5.12 Å². The van der Waals surface area contributed by atoms with Crippen molar-refractivity contribution < 1.29 is 9.78 Å². The summed E-state index contributed by atoms with van der Waals surface area (Å²) in [5, 5.41) is 3.76. The minimum Gasteiger partial charge on any atom is -0.305 e. The zero-order chi connectivity index (χ0) is 5.90. The zero-order valence-electron chi connectivity index (χ0n) is 4.79. The lowest BCUT2D eigenvalue weighted by atomic mass is 10.1. The van der Waals surface area contributed by atoms with Gasteiger partial charge >= 0.3 is 0 Å². The summed E-state index contributed by atoms with van der Waals surface area (Å²) >= 11 is 1.77. The monoisotopic (exact) mass is 145 g/mol. The predicted octanol–water partition coefficient (Wildman–Crippen LogP) is 0.284. The van der Waals surface area contributed by atoms with Gasteiger partial charge in [0.1, 0.15) is 0 Å². The van der Waals surface area contributed by atoms with Gasteiger partial charge in [0.05, 0.1) is 5.37 Å². The molecule has 0 saturated carbocycles. The summed E-state index contributed by atoms with van der Waals surface area (Å²) in [6, 6.07) is 0. The van der Waals surface area contributed by atoms with Crippen molar-refractivity contribution in [1.82, 2.24) is 5.32 Å². The molecule has 50 valence electrons. The van der Waals surface area contributed by atoms with Crippen molar-refractivity contribution in [2.24, 2.45) is 5.92 Å². The Bertz CT molecular complexity index is 159.